The van der Waals surface area contributed by atoms with Crippen LogP contribution in [0, 0.1) is 0 Å². The van der Waals surface area contributed by atoms with Gasteiger partial charge in [-0.1, -0.05) is 41.9 Å². The zero-order valence-electron chi connectivity index (χ0n) is 16.1. The molecule has 1 amide bonds. The Balaban J connectivity index is 1.35. The molecule has 0 radical (unpaired) electrons. The third kappa shape index (κ3) is 5.15. The maximum absolute atomic E-state index is 12.5. The van der Waals surface area contributed by atoms with Crippen LogP contribution in [0.2, 0.25) is 5.02 Å². The predicted octanol–water partition coefficient (Wildman–Crippen LogP) is 4.76. The normalized spacial score (nSPS) is 14.8. The average Bonchev–Trinajstić information content (AvgIpc) is 3.12. The molecule has 2 aromatic carbocycles. The second-order valence-corrected chi connectivity index (χ2v) is 8.56. The fourth-order valence-electron chi connectivity index (χ4n) is 3.26. The summed E-state index contributed by atoms with van der Waals surface area (Å²) in [6.07, 6.45) is 0.262. The topological polar surface area (TPSA) is 54.5 Å². The average molecular weight is 428 g/mol. The Morgan fingerprint density at radius 2 is 2.00 bits per heavy atom. The molecule has 0 saturated carbocycles. The molecule has 29 heavy (non-hydrogen) atoms. The molecule has 1 atom stereocenters. The van der Waals surface area contributed by atoms with E-state index < -0.39 is 6.10 Å². The van der Waals surface area contributed by atoms with Crippen molar-refractivity contribution in [2.45, 2.75) is 32.5 Å². The Labute approximate surface area is 179 Å². The van der Waals surface area contributed by atoms with E-state index in [0.29, 0.717) is 15.9 Å². The second-order valence-electron chi connectivity index (χ2n) is 7.04. The van der Waals surface area contributed by atoms with Gasteiger partial charge in [-0.2, -0.15) is 0 Å². The second kappa shape index (κ2) is 8.95. The molecule has 1 aromatic heterocycles. The van der Waals surface area contributed by atoms with Gasteiger partial charge in [0.2, 0.25) is 0 Å². The van der Waals surface area contributed by atoms with Crippen LogP contribution in [0.4, 0.5) is 5.13 Å². The van der Waals surface area contributed by atoms with Gasteiger partial charge in [0, 0.05) is 36.0 Å². The number of ether oxygens (including phenoxy) is 1. The van der Waals surface area contributed by atoms with Crippen LogP contribution in [0.3, 0.4) is 0 Å². The first kappa shape index (κ1) is 19.9. The summed E-state index contributed by atoms with van der Waals surface area (Å²) < 4.78 is 5.69. The Morgan fingerprint density at radius 1 is 1.24 bits per heavy atom. The quantitative estimate of drug-likeness (QED) is 0.616. The number of carbonyl (C=O) groups excluding carboxylic acids is 1. The number of rotatable bonds is 6. The zero-order valence-corrected chi connectivity index (χ0v) is 17.7. The molecular formula is C22H22ClN3O2S. The highest BCUT2D eigenvalue weighted by molar-refractivity contribution is 7.15. The Morgan fingerprint density at radius 3 is 2.76 bits per heavy atom. The number of fused-ring (bicyclic) bond motifs is 1. The number of aromatic nitrogens is 1. The molecule has 2 heterocycles. The lowest BCUT2D eigenvalue weighted by Gasteiger charge is -2.25. The van der Waals surface area contributed by atoms with Gasteiger partial charge in [0.15, 0.2) is 11.2 Å². The summed E-state index contributed by atoms with van der Waals surface area (Å²) in [7, 11) is 0. The van der Waals surface area contributed by atoms with E-state index in [1.807, 2.05) is 6.07 Å². The number of hydrogen-bond acceptors (Lipinski definition) is 5. The Hall–Kier alpha value is -2.41. The van der Waals surface area contributed by atoms with Gasteiger partial charge in [-0.15, -0.1) is 11.3 Å². The standard InChI is InChI=1S/C22H22ClN3O2S/c1-15(28-18-9-7-17(23)8-10-18)21(27)25-22-24-19-11-12-26(14-20(19)29-22)13-16-5-3-2-4-6-16/h2-10,15H,11-14H2,1H3,(H,24,25,27). The Bertz CT molecular complexity index is 975. The molecule has 0 fully saturated rings. The fourth-order valence-corrected chi connectivity index (χ4v) is 4.44. The zero-order chi connectivity index (χ0) is 20.2. The molecule has 0 bridgehead atoms. The smallest absolute Gasteiger partial charge is 0.266 e. The molecule has 5 nitrogen and oxygen atoms in total. The molecule has 0 saturated heterocycles. The van der Waals surface area contributed by atoms with E-state index in [4.69, 9.17) is 16.3 Å². The van der Waals surface area contributed by atoms with E-state index in [1.165, 1.54) is 10.4 Å². The van der Waals surface area contributed by atoms with Crippen molar-refractivity contribution >= 4 is 34.0 Å². The van der Waals surface area contributed by atoms with Crippen molar-refractivity contribution in [3.8, 4) is 5.75 Å². The van der Waals surface area contributed by atoms with E-state index in [0.717, 1.165) is 31.7 Å². The van der Waals surface area contributed by atoms with E-state index in [1.54, 1.807) is 42.5 Å². The van der Waals surface area contributed by atoms with Gasteiger partial charge in [-0.05, 0) is 36.8 Å². The number of halogens is 1. The number of nitrogens with zero attached hydrogens (tertiary/aromatic N) is 2. The highest BCUT2D eigenvalue weighted by Crippen LogP contribution is 2.29. The van der Waals surface area contributed by atoms with Crippen molar-refractivity contribution in [1.82, 2.24) is 9.88 Å². The lowest BCUT2D eigenvalue weighted by molar-refractivity contribution is -0.122. The van der Waals surface area contributed by atoms with Crippen LogP contribution in [0.25, 0.3) is 0 Å². The van der Waals surface area contributed by atoms with Gasteiger partial charge in [-0.3, -0.25) is 15.0 Å². The molecule has 0 aliphatic carbocycles. The van der Waals surface area contributed by atoms with Crippen molar-refractivity contribution < 1.29 is 9.53 Å². The molecule has 3 aromatic rings. The van der Waals surface area contributed by atoms with Crippen LogP contribution in [0.1, 0.15) is 23.1 Å². The minimum atomic E-state index is -0.633. The van der Waals surface area contributed by atoms with E-state index >= 15 is 0 Å². The van der Waals surface area contributed by atoms with Crippen LogP contribution in [0.15, 0.2) is 54.6 Å². The molecule has 0 spiro atoms. The summed E-state index contributed by atoms with van der Waals surface area (Å²) in [6, 6.07) is 17.4. The molecule has 4 rings (SSSR count). The SMILES string of the molecule is CC(Oc1ccc(Cl)cc1)C(=O)Nc1nc2c(s1)CN(Cc1ccccc1)CC2. The van der Waals surface area contributed by atoms with Gasteiger partial charge < -0.3 is 4.74 Å². The molecule has 7 heteroatoms. The minimum Gasteiger partial charge on any atom is -0.481 e. The lowest BCUT2D eigenvalue weighted by Crippen LogP contribution is -2.30. The number of nitrogens with one attached hydrogen (secondary N) is 1. The maximum atomic E-state index is 12.5. The largest absolute Gasteiger partial charge is 0.481 e. The highest BCUT2D eigenvalue weighted by Gasteiger charge is 2.23. The Kier molecular flexibility index (Phi) is 6.13. The number of thiazole rings is 1. The summed E-state index contributed by atoms with van der Waals surface area (Å²) in [4.78, 5) is 20.7. The summed E-state index contributed by atoms with van der Waals surface area (Å²) in [5.41, 5.74) is 2.39. The van der Waals surface area contributed by atoms with Crippen molar-refractivity contribution in [3.63, 3.8) is 0 Å². The third-order valence-electron chi connectivity index (χ3n) is 4.79. The molecule has 1 aliphatic heterocycles. The minimum absolute atomic E-state index is 0.216. The van der Waals surface area contributed by atoms with Crippen LogP contribution < -0.4 is 10.1 Å². The first-order chi connectivity index (χ1) is 14.1. The molecular weight excluding hydrogens is 406 g/mol. The molecule has 150 valence electrons. The van der Waals surface area contributed by atoms with Crippen LogP contribution >= 0.6 is 22.9 Å². The summed E-state index contributed by atoms with van der Waals surface area (Å²) in [5.74, 6) is 0.388. The summed E-state index contributed by atoms with van der Waals surface area (Å²) >= 11 is 7.42. The molecule has 1 aliphatic rings. The number of benzene rings is 2. The van der Waals surface area contributed by atoms with Gasteiger partial charge in [-0.25, -0.2) is 4.98 Å². The van der Waals surface area contributed by atoms with Gasteiger partial charge in [0.25, 0.3) is 5.91 Å². The number of anilines is 1. The van der Waals surface area contributed by atoms with Gasteiger partial charge >= 0.3 is 0 Å². The van der Waals surface area contributed by atoms with Crippen molar-refractivity contribution in [3.05, 3.63) is 75.8 Å². The third-order valence-corrected chi connectivity index (χ3v) is 6.03. The molecule has 1 unspecified atom stereocenters. The number of carbonyl (C=O) groups is 1. The predicted molar refractivity (Wildman–Crippen MR) is 117 cm³/mol. The first-order valence-corrected chi connectivity index (χ1v) is 10.7. The highest BCUT2D eigenvalue weighted by atomic mass is 35.5. The van der Waals surface area contributed by atoms with E-state index in [-0.39, 0.29) is 5.91 Å². The van der Waals surface area contributed by atoms with E-state index in [9.17, 15) is 4.79 Å². The van der Waals surface area contributed by atoms with Crippen LogP contribution in [0.5, 0.6) is 5.75 Å². The van der Waals surface area contributed by atoms with Crippen LogP contribution in [-0.2, 0) is 24.3 Å². The van der Waals surface area contributed by atoms with E-state index in [2.05, 4.69) is 39.5 Å². The molecule has 1 N–H and O–H groups in total. The van der Waals surface area contributed by atoms with Gasteiger partial charge in [0.05, 0.1) is 5.69 Å². The van der Waals surface area contributed by atoms with Crippen molar-refractivity contribution in [2.24, 2.45) is 0 Å². The van der Waals surface area contributed by atoms with Crippen molar-refractivity contribution in [2.75, 3.05) is 11.9 Å². The fraction of sp³-hybridized carbons (Fsp3) is 0.273. The van der Waals surface area contributed by atoms with Crippen molar-refractivity contribution in [1.29, 1.82) is 0 Å². The van der Waals surface area contributed by atoms with Gasteiger partial charge in [0.1, 0.15) is 5.75 Å². The summed E-state index contributed by atoms with van der Waals surface area (Å²) in [5, 5.41) is 4.16. The number of amides is 1. The maximum Gasteiger partial charge on any atom is 0.266 e. The lowest BCUT2D eigenvalue weighted by atomic mass is 10.1. The monoisotopic (exact) mass is 427 g/mol. The first-order valence-electron chi connectivity index (χ1n) is 9.55. The number of hydrogen-bond donors (Lipinski definition) is 1. The van der Waals surface area contributed by atoms with Crippen LogP contribution in [-0.4, -0.2) is 28.4 Å². The summed E-state index contributed by atoms with van der Waals surface area (Å²) in [6.45, 7) is 4.47.